The smallest absolute Gasteiger partial charge is 0.0162 e. The van der Waals surface area contributed by atoms with Crippen LogP contribution in [0, 0.1) is 0 Å². The van der Waals surface area contributed by atoms with Crippen LogP contribution in [0.3, 0.4) is 0 Å². The molecule has 0 unspecified atom stereocenters. The molecule has 0 spiro atoms. The fourth-order valence-electron chi connectivity index (χ4n) is 1.99. The van der Waals surface area contributed by atoms with E-state index < -0.39 is 0 Å². The number of benzene rings is 1. The van der Waals surface area contributed by atoms with Crippen molar-refractivity contribution in [2.75, 3.05) is 0 Å². The summed E-state index contributed by atoms with van der Waals surface area (Å²) in [4.78, 5) is 0. The molecule has 0 radical (unpaired) electrons. The maximum Gasteiger partial charge on any atom is -0.0162 e. The fourth-order valence-corrected chi connectivity index (χ4v) is 1.99. The molecule has 2 rings (SSSR count). The average molecular weight is 174 g/mol. The molecule has 0 heteroatoms. The van der Waals surface area contributed by atoms with E-state index in [1.54, 1.807) is 5.56 Å². The summed E-state index contributed by atoms with van der Waals surface area (Å²) in [6.07, 6.45) is 6.73. The minimum atomic E-state index is 0.885. The molecule has 1 saturated carbocycles. The number of aryl methyl sites for hydroxylation is 1. The Kier molecular flexibility index (Phi) is 2.68. The van der Waals surface area contributed by atoms with Crippen molar-refractivity contribution in [3.8, 4) is 0 Å². The van der Waals surface area contributed by atoms with Crippen LogP contribution in [-0.4, -0.2) is 0 Å². The summed E-state index contributed by atoms with van der Waals surface area (Å²) in [5.74, 6) is 0.885. The van der Waals surface area contributed by atoms with Crippen LogP contribution in [0.1, 0.15) is 49.7 Å². The van der Waals surface area contributed by atoms with Crippen LogP contribution >= 0.6 is 0 Å². The van der Waals surface area contributed by atoms with Gasteiger partial charge in [-0.1, -0.05) is 44.0 Å². The lowest BCUT2D eigenvalue weighted by Gasteiger charge is -2.25. The van der Waals surface area contributed by atoms with Gasteiger partial charge < -0.3 is 0 Å². The molecule has 1 fully saturated rings. The maximum absolute atomic E-state index is 2.33. The highest BCUT2D eigenvalue weighted by Crippen LogP contribution is 2.36. The lowest BCUT2D eigenvalue weighted by atomic mass is 9.80. The molecule has 1 aliphatic carbocycles. The molecule has 0 N–H and O–H groups in total. The molecular weight excluding hydrogens is 156 g/mol. The van der Waals surface area contributed by atoms with E-state index in [9.17, 15) is 0 Å². The van der Waals surface area contributed by atoms with Gasteiger partial charge in [-0.3, -0.25) is 0 Å². The first-order valence-electron chi connectivity index (χ1n) is 5.49. The predicted molar refractivity (Wildman–Crippen MR) is 57.0 cm³/mol. The molecule has 0 bridgehead atoms. The Morgan fingerprint density at radius 3 is 2.31 bits per heavy atom. The molecule has 1 aromatic rings. The zero-order valence-corrected chi connectivity index (χ0v) is 8.42. The molecule has 0 heterocycles. The zero-order valence-electron chi connectivity index (χ0n) is 8.42. The molecule has 13 heavy (non-hydrogen) atoms. The van der Waals surface area contributed by atoms with Crippen LogP contribution in [0.15, 0.2) is 24.3 Å². The molecule has 0 aromatic heterocycles. The minimum absolute atomic E-state index is 0.885. The van der Waals surface area contributed by atoms with E-state index in [0.717, 1.165) is 5.92 Å². The molecule has 1 aliphatic rings. The molecule has 1 aromatic carbocycles. The van der Waals surface area contributed by atoms with E-state index in [1.807, 2.05) is 0 Å². The van der Waals surface area contributed by atoms with Crippen molar-refractivity contribution < 1.29 is 0 Å². The third-order valence-corrected chi connectivity index (χ3v) is 3.09. The van der Waals surface area contributed by atoms with E-state index in [4.69, 9.17) is 0 Å². The van der Waals surface area contributed by atoms with Crippen LogP contribution in [0.2, 0.25) is 0 Å². The van der Waals surface area contributed by atoms with Crippen molar-refractivity contribution in [1.82, 2.24) is 0 Å². The van der Waals surface area contributed by atoms with Gasteiger partial charge in [0.2, 0.25) is 0 Å². The highest BCUT2D eigenvalue weighted by molar-refractivity contribution is 5.26. The molecule has 70 valence electrons. The van der Waals surface area contributed by atoms with E-state index in [2.05, 4.69) is 31.2 Å². The van der Waals surface area contributed by atoms with E-state index in [-0.39, 0.29) is 0 Å². The van der Waals surface area contributed by atoms with Gasteiger partial charge in [0.05, 0.1) is 0 Å². The summed E-state index contributed by atoms with van der Waals surface area (Å²) in [5.41, 5.74) is 3.05. The standard InChI is InChI=1S/C13H18/c1-2-4-11-7-9-13(10-8-11)12-5-3-6-12/h7-10,12H,2-6H2,1H3. The van der Waals surface area contributed by atoms with E-state index in [1.165, 1.54) is 37.7 Å². The Morgan fingerprint density at radius 2 is 1.85 bits per heavy atom. The third-order valence-electron chi connectivity index (χ3n) is 3.09. The second kappa shape index (κ2) is 3.95. The second-order valence-corrected chi connectivity index (χ2v) is 4.12. The SMILES string of the molecule is CCCc1ccc(C2CCC2)cc1. The van der Waals surface area contributed by atoms with Crippen LogP contribution in [0.4, 0.5) is 0 Å². The summed E-state index contributed by atoms with van der Waals surface area (Å²) in [5, 5.41) is 0. The van der Waals surface area contributed by atoms with Crippen molar-refractivity contribution in [3.05, 3.63) is 35.4 Å². The Morgan fingerprint density at radius 1 is 1.15 bits per heavy atom. The molecule has 0 nitrogen and oxygen atoms in total. The fraction of sp³-hybridized carbons (Fsp3) is 0.538. The van der Waals surface area contributed by atoms with E-state index >= 15 is 0 Å². The zero-order chi connectivity index (χ0) is 9.10. The van der Waals surface area contributed by atoms with Crippen molar-refractivity contribution in [2.24, 2.45) is 0 Å². The number of rotatable bonds is 3. The summed E-state index contributed by atoms with van der Waals surface area (Å²) in [6.45, 7) is 2.24. The summed E-state index contributed by atoms with van der Waals surface area (Å²) in [6, 6.07) is 9.26. The molecule has 0 aliphatic heterocycles. The van der Waals surface area contributed by atoms with Crippen molar-refractivity contribution in [3.63, 3.8) is 0 Å². The quantitative estimate of drug-likeness (QED) is 0.651. The van der Waals surface area contributed by atoms with Gasteiger partial charge >= 0.3 is 0 Å². The topological polar surface area (TPSA) is 0 Å². The van der Waals surface area contributed by atoms with Gasteiger partial charge in [0, 0.05) is 0 Å². The van der Waals surface area contributed by atoms with Crippen LogP contribution in [-0.2, 0) is 6.42 Å². The molecule has 0 amide bonds. The molecule has 0 atom stereocenters. The number of hydrogen-bond donors (Lipinski definition) is 0. The van der Waals surface area contributed by atoms with Gasteiger partial charge in [0.1, 0.15) is 0 Å². The van der Waals surface area contributed by atoms with Crippen molar-refractivity contribution in [1.29, 1.82) is 0 Å². The van der Waals surface area contributed by atoms with Crippen LogP contribution in [0.5, 0.6) is 0 Å². The van der Waals surface area contributed by atoms with Crippen molar-refractivity contribution >= 4 is 0 Å². The van der Waals surface area contributed by atoms with Gasteiger partial charge in [-0.05, 0) is 36.3 Å². The first kappa shape index (κ1) is 8.80. The summed E-state index contributed by atoms with van der Waals surface area (Å²) < 4.78 is 0. The normalized spacial score (nSPS) is 17.0. The Labute approximate surface area is 81.0 Å². The monoisotopic (exact) mass is 174 g/mol. The van der Waals surface area contributed by atoms with Gasteiger partial charge in [-0.2, -0.15) is 0 Å². The second-order valence-electron chi connectivity index (χ2n) is 4.12. The van der Waals surface area contributed by atoms with Crippen LogP contribution in [0.25, 0.3) is 0 Å². The van der Waals surface area contributed by atoms with Gasteiger partial charge in [0.25, 0.3) is 0 Å². The first-order valence-corrected chi connectivity index (χ1v) is 5.49. The lowest BCUT2D eigenvalue weighted by Crippen LogP contribution is -2.08. The van der Waals surface area contributed by atoms with Crippen molar-refractivity contribution in [2.45, 2.75) is 44.9 Å². The highest BCUT2D eigenvalue weighted by atomic mass is 14.2. The largest absolute Gasteiger partial charge is 0.0651 e. The lowest BCUT2D eigenvalue weighted by molar-refractivity contribution is 0.419. The number of hydrogen-bond acceptors (Lipinski definition) is 0. The average Bonchev–Trinajstić information content (AvgIpc) is 2.06. The maximum atomic E-state index is 2.33. The van der Waals surface area contributed by atoms with Gasteiger partial charge in [0.15, 0.2) is 0 Å². The highest BCUT2D eigenvalue weighted by Gasteiger charge is 2.18. The molecule has 0 saturated heterocycles. The summed E-state index contributed by atoms with van der Waals surface area (Å²) in [7, 11) is 0. The first-order chi connectivity index (χ1) is 6.40. The van der Waals surface area contributed by atoms with Gasteiger partial charge in [-0.15, -0.1) is 0 Å². The summed E-state index contributed by atoms with van der Waals surface area (Å²) >= 11 is 0. The Hall–Kier alpha value is -0.780. The third kappa shape index (κ3) is 1.93. The Bertz CT molecular complexity index is 254. The van der Waals surface area contributed by atoms with E-state index in [0.29, 0.717) is 0 Å². The van der Waals surface area contributed by atoms with Crippen LogP contribution < -0.4 is 0 Å². The molecular formula is C13H18. The van der Waals surface area contributed by atoms with Gasteiger partial charge in [-0.25, -0.2) is 0 Å². The Balaban J connectivity index is 2.04. The predicted octanol–water partition coefficient (Wildman–Crippen LogP) is 3.91. The minimum Gasteiger partial charge on any atom is -0.0651 e.